The number of hydrogen-bond donors (Lipinski definition) is 1. The van der Waals surface area contributed by atoms with Crippen LogP contribution in [0.1, 0.15) is 18.4 Å². The highest BCUT2D eigenvalue weighted by molar-refractivity contribution is 5.62. The molecule has 0 unspecified atom stereocenters. The lowest BCUT2D eigenvalue weighted by atomic mass is 9.94. The molecule has 0 amide bonds. The van der Waals surface area contributed by atoms with Gasteiger partial charge in [-0.2, -0.15) is 0 Å². The molecular weight excluding hydrogens is 260 g/mol. The first-order chi connectivity index (χ1) is 9.56. The van der Waals surface area contributed by atoms with Crippen LogP contribution in [0.15, 0.2) is 18.2 Å². The summed E-state index contributed by atoms with van der Waals surface area (Å²) in [7, 11) is 1.68. The predicted octanol–water partition coefficient (Wildman–Crippen LogP) is 2.51. The molecule has 110 valence electrons. The molecule has 6 nitrogen and oxygen atoms in total. The Labute approximate surface area is 118 Å². The molecular formula is C14H20N2O4. The van der Waals surface area contributed by atoms with E-state index in [4.69, 9.17) is 9.47 Å². The van der Waals surface area contributed by atoms with Crippen LogP contribution in [0.5, 0.6) is 0 Å². The van der Waals surface area contributed by atoms with Gasteiger partial charge in [0, 0.05) is 45.8 Å². The number of anilines is 1. The average Bonchev–Trinajstić information content (AvgIpc) is 2.47. The summed E-state index contributed by atoms with van der Waals surface area (Å²) in [6.45, 7) is 3.69. The second-order valence-corrected chi connectivity index (χ2v) is 5.13. The molecule has 1 aliphatic rings. The molecule has 0 saturated carbocycles. The highest BCUT2D eigenvalue weighted by Crippen LogP contribution is 2.29. The highest BCUT2D eigenvalue weighted by atomic mass is 16.6. The first-order valence-corrected chi connectivity index (χ1v) is 6.68. The second-order valence-electron chi connectivity index (χ2n) is 5.13. The van der Waals surface area contributed by atoms with E-state index >= 15 is 0 Å². The minimum absolute atomic E-state index is 0.100. The van der Waals surface area contributed by atoms with Crippen LogP contribution in [-0.2, 0) is 9.47 Å². The Morgan fingerprint density at radius 1 is 1.45 bits per heavy atom. The summed E-state index contributed by atoms with van der Waals surface area (Å²) < 4.78 is 11.0. The van der Waals surface area contributed by atoms with Gasteiger partial charge in [0.1, 0.15) is 5.69 Å². The van der Waals surface area contributed by atoms with Gasteiger partial charge in [-0.3, -0.25) is 10.1 Å². The van der Waals surface area contributed by atoms with E-state index in [0.29, 0.717) is 25.4 Å². The molecule has 1 fully saturated rings. The predicted molar refractivity (Wildman–Crippen MR) is 76.1 cm³/mol. The zero-order valence-corrected chi connectivity index (χ0v) is 11.8. The standard InChI is InChI=1S/C14H20N2O4/c1-11-3-4-12(13(9-11)16(17)18)15-10-14(19-2)5-7-20-8-6-14/h3-4,9,15H,5-8,10H2,1-2H3. The molecule has 6 heteroatoms. The summed E-state index contributed by atoms with van der Waals surface area (Å²) in [5.74, 6) is 0. The monoisotopic (exact) mass is 280 g/mol. The Kier molecular flexibility index (Phi) is 4.57. The number of nitrogens with zero attached hydrogens (tertiary/aromatic N) is 1. The third kappa shape index (κ3) is 3.26. The normalized spacial score (nSPS) is 17.7. The van der Waals surface area contributed by atoms with Gasteiger partial charge in [-0.1, -0.05) is 6.07 Å². The molecule has 0 spiro atoms. The van der Waals surface area contributed by atoms with Crippen LogP contribution in [0.25, 0.3) is 0 Å². The van der Waals surface area contributed by atoms with E-state index in [1.54, 1.807) is 19.2 Å². The van der Waals surface area contributed by atoms with Gasteiger partial charge < -0.3 is 14.8 Å². The van der Waals surface area contributed by atoms with Gasteiger partial charge in [-0.15, -0.1) is 0 Å². The minimum Gasteiger partial charge on any atom is -0.381 e. The first kappa shape index (κ1) is 14.7. The number of nitrogens with one attached hydrogen (secondary N) is 1. The lowest BCUT2D eigenvalue weighted by Crippen LogP contribution is -2.44. The van der Waals surface area contributed by atoms with Gasteiger partial charge >= 0.3 is 0 Å². The summed E-state index contributed by atoms with van der Waals surface area (Å²) in [6, 6.07) is 5.18. The summed E-state index contributed by atoms with van der Waals surface area (Å²) in [5.41, 5.74) is 1.19. The molecule has 1 heterocycles. The first-order valence-electron chi connectivity index (χ1n) is 6.68. The highest BCUT2D eigenvalue weighted by Gasteiger charge is 2.32. The fraction of sp³-hybridized carbons (Fsp3) is 0.571. The molecule has 1 N–H and O–H groups in total. The number of methoxy groups -OCH3 is 1. The minimum atomic E-state index is -0.362. The lowest BCUT2D eigenvalue weighted by Gasteiger charge is -2.36. The molecule has 0 atom stereocenters. The maximum atomic E-state index is 11.1. The van der Waals surface area contributed by atoms with E-state index in [1.165, 1.54) is 0 Å². The van der Waals surface area contributed by atoms with Crippen molar-refractivity contribution in [3.63, 3.8) is 0 Å². The molecule has 1 saturated heterocycles. The topological polar surface area (TPSA) is 73.6 Å². The lowest BCUT2D eigenvalue weighted by molar-refractivity contribution is -0.384. The zero-order valence-electron chi connectivity index (χ0n) is 11.8. The van der Waals surface area contributed by atoms with Gasteiger partial charge in [-0.05, 0) is 18.6 Å². The van der Waals surface area contributed by atoms with Crippen molar-refractivity contribution in [3.8, 4) is 0 Å². The Balaban J connectivity index is 2.11. The van der Waals surface area contributed by atoms with E-state index in [-0.39, 0.29) is 16.2 Å². The van der Waals surface area contributed by atoms with Crippen LogP contribution in [0.4, 0.5) is 11.4 Å². The Hall–Kier alpha value is -1.66. The van der Waals surface area contributed by atoms with Crippen molar-refractivity contribution < 1.29 is 14.4 Å². The number of nitro groups is 1. The van der Waals surface area contributed by atoms with Crippen molar-refractivity contribution in [2.24, 2.45) is 0 Å². The Bertz CT molecular complexity index is 484. The van der Waals surface area contributed by atoms with Crippen molar-refractivity contribution in [2.45, 2.75) is 25.4 Å². The molecule has 1 aromatic carbocycles. The van der Waals surface area contributed by atoms with Gasteiger partial charge in [-0.25, -0.2) is 0 Å². The molecule has 0 bridgehead atoms. The van der Waals surface area contributed by atoms with Gasteiger partial charge in [0.05, 0.1) is 10.5 Å². The van der Waals surface area contributed by atoms with E-state index in [0.717, 1.165) is 18.4 Å². The summed E-state index contributed by atoms with van der Waals surface area (Å²) in [4.78, 5) is 10.7. The maximum Gasteiger partial charge on any atom is 0.292 e. The van der Waals surface area contributed by atoms with E-state index in [1.807, 2.05) is 13.0 Å². The second kappa shape index (κ2) is 6.19. The number of aryl methyl sites for hydroxylation is 1. The van der Waals surface area contributed by atoms with Crippen LogP contribution in [-0.4, -0.2) is 37.4 Å². The Morgan fingerprint density at radius 3 is 2.75 bits per heavy atom. The van der Waals surface area contributed by atoms with Crippen molar-refractivity contribution in [1.29, 1.82) is 0 Å². The van der Waals surface area contributed by atoms with Crippen molar-refractivity contribution in [3.05, 3.63) is 33.9 Å². The smallest absolute Gasteiger partial charge is 0.292 e. The van der Waals surface area contributed by atoms with Crippen LogP contribution < -0.4 is 5.32 Å². The van der Waals surface area contributed by atoms with Crippen molar-refractivity contribution in [1.82, 2.24) is 0 Å². The van der Waals surface area contributed by atoms with Crippen LogP contribution in [0.2, 0.25) is 0 Å². The zero-order chi connectivity index (χ0) is 14.6. The number of nitro benzene ring substituents is 1. The van der Waals surface area contributed by atoms with E-state index in [2.05, 4.69) is 5.32 Å². The van der Waals surface area contributed by atoms with Gasteiger partial charge in [0.25, 0.3) is 5.69 Å². The number of benzene rings is 1. The van der Waals surface area contributed by atoms with Gasteiger partial charge in [0.2, 0.25) is 0 Å². The molecule has 0 aliphatic carbocycles. The maximum absolute atomic E-state index is 11.1. The number of ether oxygens (including phenoxy) is 2. The summed E-state index contributed by atoms with van der Waals surface area (Å²) in [5, 5.41) is 14.2. The van der Waals surface area contributed by atoms with Crippen LogP contribution >= 0.6 is 0 Å². The molecule has 1 aliphatic heterocycles. The summed E-state index contributed by atoms with van der Waals surface area (Å²) in [6.07, 6.45) is 1.58. The van der Waals surface area contributed by atoms with Crippen LogP contribution in [0.3, 0.4) is 0 Å². The molecule has 2 rings (SSSR count). The Morgan fingerprint density at radius 2 is 2.15 bits per heavy atom. The molecule has 1 aromatic rings. The van der Waals surface area contributed by atoms with Crippen molar-refractivity contribution in [2.75, 3.05) is 32.2 Å². The quantitative estimate of drug-likeness (QED) is 0.662. The fourth-order valence-electron chi connectivity index (χ4n) is 2.40. The SMILES string of the molecule is COC1(CNc2ccc(C)cc2[N+](=O)[O-])CCOCC1. The number of rotatable bonds is 5. The fourth-order valence-corrected chi connectivity index (χ4v) is 2.40. The molecule has 0 radical (unpaired) electrons. The number of hydrogen-bond acceptors (Lipinski definition) is 5. The molecule has 20 heavy (non-hydrogen) atoms. The third-order valence-corrected chi connectivity index (χ3v) is 3.79. The van der Waals surface area contributed by atoms with Gasteiger partial charge in [0.15, 0.2) is 0 Å². The van der Waals surface area contributed by atoms with Crippen molar-refractivity contribution >= 4 is 11.4 Å². The largest absolute Gasteiger partial charge is 0.381 e. The third-order valence-electron chi connectivity index (χ3n) is 3.79. The summed E-state index contributed by atoms with van der Waals surface area (Å²) >= 11 is 0. The van der Waals surface area contributed by atoms with Crippen LogP contribution in [0, 0.1) is 17.0 Å². The van der Waals surface area contributed by atoms with E-state index in [9.17, 15) is 10.1 Å². The average molecular weight is 280 g/mol. The van der Waals surface area contributed by atoms with E-state index < -0.39 is 0 Å². The molecule has 0 aromatic heterocycles.